The molecule has 1 aliphatic rings. The first-order chi connectivity index (χ1) is 16.6. The van der Waals surface area contributed by atoms with Gasteiger partial charge in [0, 0.05) is 17.2 Å². The summed E-state index contributed by atoms with van der Waals surface area (Å²) < 4.78 is 40.0. The number of fused-ring (bicyclic) bond motifs is 4. The molecule has 0 unspecified atom stereocenters. The van der Waals surface area contributed by atoms with E-state index in [0.717, 1.165) is 11.1 Å². The Balaban J connectivity index is 1.84. The van der Waals surface area contributed by atoms with Crippen molar-refractivity contribution in [2.45, 2.75) is 38.1 Å². The molecule has 0 aliphatic carbocycles. The molecule has 0 saturated carbocycles. The van der Waals surface area contributed by atoms with Gasteiger partial charge in [0.05, 0.1) is 23.7 Å². The second-order valence-electron chi connectivity index (χ2n) is 8.84. The molecule has 4 rings (SSSR count). The monoisotopic (exact) mass is 496 g/mol. The number of anilines is 1. The molecule has 3 aromatic rings. The average Bonchev–Trinajstić information content (AvgIpc) is 2.82. The molecule has 1 amide bonds. The molecule has 35 heavy (non-hydrogen) atoms. The van der Waals surface area contributed by atoms with Crippen molar-refractivity contribution < 1.29 is 22.7 Å². The maximum Gasteiger partial charge on any atom is 0.264 e. The molecule has 10 heteroatoms. The van der Waals surface area contributed by atoms with Gasteiger partial charge in [0.25, 0.3) is 15.9 Å². The lowest BCUT2D eigenvalue weighted by atomic mass is 10.0. The van der Waals surface area contributed by atoms with Gasteiger partial charge in [0.2, 0.25) is 11.8 Å². The van der Waals surface area contributed by atoms with Crippen molar-refractivity contribution in [3.05, 3.63) is 59.7 Å². The summed E-state index contributed by atoms with van der Waals surface area (Å²) in [5.74, 6) is 0.606. The zero-order valence-electron chi connectivity index (χ0n) is 20.0. The summed E-state index contributed by atoms with van der Waals surface area (Å²) >= 11 is 0. The SMILES string of the molecule is COc1ccc(C)c(-c2cc3nc(n2)NS(=O)(=O)c2cccc(c2)C(=O)N[C@H](CC(C)C)CO3)c1. The normalized spacial score (nSPS) is 17.2. The first-order valence-electron chi connectivity index (χ1n) is 11.3. The van der Waals surface area contributed by atoms with Crippen LogP contribution in [0.5, 0.6) is 11.6 Å². The number of aryl methyl sites for hydroxylation is 1. The zero-order valence-corrected chi connectivity index (χ0v) is 20.8. The Bertz CT molecular complexity index is 1360. The zero-order chi connectivity index (χ0) is 25.2. The smallest absolute Gasteiger partial charge is 0.264 e. The molecule has 2 heterocycles. The number of nitrogens with zero attached hydrogens (tertiary/aromatic N) is 2. The Morgan fingerprint density at radius 2 is 1.94 bits per heavy atom. The predicted octanol–water partition coefficient (Wildman–Crippen LogP) is 3.80. The molecule has 4 bridgehead atoms. The number of ether oxygens (including phenoxy) is 2. The molecule has 2 N–H and O–H groups in total. The van der Waals surface area contributed by atoms with E-state index in [9.17, 15) is 13.2 Å². The summed E-state index contributed by atoms with van der Waals surface area (Å²) in [6.07, 6.45) is 0.668. The van der Waals surface area contributed by atoms with Crippen LogP contribution in [-0.2, 0) is 10.0 Å². The van der Waals surface area contributed by atoms with Gasteiger partial charge in [-0.1, -0.05) is 26.0 Å². The molecule has 0 spiro atoms. The van der Waals surface area contributed by atoms with Crippen molar-refractivity contribution in [1.29, 1.82) is 0 Å². The van der Waals surface area contributed by atoms with Crippen LogP contribution in [0.4, 0.5) is 5.95 Å². The highest BCUT2D eigenvalue weighted by Gasteiger charge is 2.23. The third kappa shape index (κ3) is 5.71. The molecule has 9 nitrogen and oxygen atoms in total. The van der Waals surface area contributed by atoms with Crippen molar-refractivity contribution in [2.75, 3.05) is 18.4 Å². The number of hydrogen-bond donors (Lipinski definition) is 2. The van der Waals surface area contributed by atoms with Crippen molar-refractivity contribution in [2.24, 2.45) is 5.92 Å². The van der Waals surface area contributed by atoms with Crippen molar-refractivity contribution in [3.63, 3.8) is 0 Å². The highest BCUT2D eigenvalue weighted by molar-refractivity contribution is 7.92. The number of nitrogens with one attached hydrogen (secondary N) is 2. The summed E-state index contributed by atoms with van der Waals surface area (Å²) in [5, 5.41) is 2.96. The maximum absolute atomic E-state index is 13.1. The molecule has 1 aromatic heterocycles. The fourth-order valence-corrected chi connectivity index (χ4v) is 4.85. The Kier molecular flexibility index (Phi) is 6.93. The van der Waals surface area contributed by atoms with Gasteiger partial charge >= 0.3 is 0 Å². The van der Waals surface area contributed by atoms with Gasteiger partial charge in [0.15, 0.2) is 0 Å². The van der Waals surface area contributed by atoms with Crippen LogP contribution in [0.3, 0.4) is 0 Å². The maximum atomic E-state index is 13.1. The minimum Gasteiger partial charge on any atom is -0.497 e. The van der Waals surface area contributed by atoms with Crippen molar-refractivity contribution in [1.82, 2.24) is 15.3 Å². The van der Waals surface area contributed by atoms with E-state index in [1.54, 1.807) is 19.2 Å². The molecule has 0 radical (unpaired) electrons. The van der Waals surface area contributed by atoms with Crippen molar-refractivity contribution >= 4 is 21.9 Å². The Morgan fingerprint density at radius 1 is 1.14 bits per heavy atom. The van der Waals surface area contributed by atoms with E-state index in [1.807, 2.05) is 25.1 Å². The molecule has 0 fully saturated rings. The Labute approximate surface area is 205 Å². The van der Waals surface area contributed by atoms with Gasteiger partial charge in [-0.25, -0.2) is 18.1 Å². The summed E-state index contributed by atoms with van der Waals surface area (Å²) in [6, 6.07) is 12.7. The lowest BCUT2D eigenvalue weighted by Gasteiger charge is -2.21. The molecular weight excluding hydrogens is 468 g/mol. The fraction of sp³-hybridized carbons (Fsp3) is 0.320. The molecular formula is C25H28N4O5S. The van der Waals surface area contributed by atoms with Gasteiger partial charge in [-0.15, -0.1) is 0 Å². The van der Waals surface area contributed by atoms with Crippen LogP contribution in [0.25, 0.3) is 11.3 Å². The summed E-state index contributed by atoms with van der Waals surface area (Å²) in [5.41, 5.74) is 2.37. The lowest BCUT2D eigenvalue weighted by molar-refractivity contribution is 0.0913. The van der Waals surface area contributed by atoms with E-state index in [4.69, 9.17) is 9.47 Å². The van der Waals surface area contributed by atoms with Gasteiger partial charge in [-0.3, -0.25) is 4.79 Å². The quantitative estimate of drug-likeness (QED) is 0.564. The third-order valence-corrected chi connectivity index (χ3v) is 6.90. The number of hydrogen-bond acceptors (Lipinski definition) is 7. The third-order valence-electron chi connectivity index (χ3n) is 5.58. The van der Waals surface area contributed by atoms with Crippen LogP contribution in [0.1, 0.15) is 36.2 Å². The number of rotatable bonds is 4. The van der Waals surface area contributed by atoms with Gasteiger partial charge in [-0.05, 0) is 55.2 Å². The summed E-state index contributed by atoms with van der Waals surface area (Å²) in [6.45, 7) is 6.18. The molecule has 0 saturated heterocycles. The van der Waals surface area contributed by atoms with Gasteiger partial charge in [-0.2, -0.15) is 4.98 Å². The number of carbonyl (C=O) groups is 1. The Morgan fingerprint density at radius 3 is 2.69 bits per heavy atom. The second-order valence-corrected chi connectivity index (χ2v) is 10.5. The van der Waals surface area contributed by atoms with Crippen LogP contribution < -0.4 is 19.5 Å². The number of benzene rings is 2. The van der Waals surface area contributed by atoms with Crippen LogP contribution in [0.2, 0.25) is 0 Å². The first-order valence-corrected chi connectivity index (χ1v) is 12.7. The van der Waals surface area contributed by atoms with E-state index >= 15 is 0 Å². The van der Waals surface area contributed by atoms with Crippen LogP contribution in [0, 0.1) is 12.8 Å². The topological polar surface area (TPSA) is 120 Å². The Hall–Kier alpha value is -3.66. The summed E-state index contributed by atoms with van der Waals surface area (Å²) in [4.78, 5) is 21.6. The highest BCUT2D eigenvalue weighted by atomic mass is 32.2. The largest absolute Gasteiger partial charge is 0.497 e. The average molecular weight is 497 g/mol. The van der Waals surface area contributed by atoms with E-state index < -0.39 is 10.0 Å². The highest BCUT2D eigenvalue weighted by Crippen LogP contribution is 2.30. The number of sulfonamides is 1. The molecule has 184 valence electrons. The van der Waals surface area contributed by atoms with Gasteiger partial charge < -0.3 is 14.8 Å². The van der Waals surface area contributed by atoms with Crippen LogP contribution >= 0.6 is 0 Å². The minimum absolute atomic E-state index is 0.0705. The molecule has 1 aliphatic heterocycles. The molecule has 1 atom stereocenters. The first kappa shape index (κ1) is 24.5. The van der Waals surface area contributed by atoms with E-state index in [0.29, 0.717) is 23.8 Å². The molecule has 2 aromatic carbocycles. The van der Waals surface area contributed by atoms with E-state index in [2.05, 4.69) is 33.9 Å². The lowest BCUT2D eigenvalue weighted by Crippen LogP contribution is -2.40. The summed E-state index contributed by atoms with van der Waals surface area (Å²) in [7, 11) is -2.50. The minimum atomic E-state index is -4.07. The fourth-order valence-electron chi connectivity index (χ4n) is 3.86. The number of aromatic nitrogens is 2. The number of methoxy groups -OCH3 is 1. The van der Waals surface area contributed by atoms with E-state index in [1.165, 1.54) is 18.2 Å². The predicted molar refractivity (Wildman–Crippen MR) is 132 cm³/mol. The van der Waals surface area contributed by atoms with E-state index in [-0.39, 0.29) is 40.8 Å². The van der Waals surface area contributed by atoms with Crippen LogP contribution in [-0.4, -0.2) is 44.1 Å². The van der Waals surface area contributed by atoms with Gasteiger partial charge in [0.1, 0.15) is 12.4 Å². The number of amides is 1. The van der Waals surface area contributed by atoms with Crippen LogP contribution in [0.15, 0.2) is 53.4 Å². The standard InChI is InChI=1S/C25H28N4O5S/c1-15(2)10-18-14-34-23-13-22(21-12-19(33-4)9-8-16(21)3)27-25(28-23)29-35(31,32)20-7-5-6-17(11-20)24(30)26-18/h5-9,11-13,15,18H,10,14H2,1-4H3,(H,26,30)(H,27,28,29)/t18-/m1/s1. The van der Waals surface area contributed by atoms with Crippen molar-refractivity contribution in [3.8, 4) is 22.9 Å². The second kappa shape index (κ2) is 9.91. The number of carbonyl (C=O) groups excluding carboxylic acids is 1.